The number of hydrogen-bond donors (Lipinski definition) is 2. The summed E-state index contributed by atoms with van der Waals surface area (Å²) in [5, 5.41) is 13.2. The third-order valence-corrected chi connectivity index (χ3v) is 2.68. The average molecular weight is 315 g/mol. The zero-order valence-electron chi connectivity index (χ0n) is 10.4. The summed E-state index contributed by atoms with van der Waals surface area (Å²) in [5.41, 5.74) is 0.962. The summed E-state index contributed by atoms with van der Waals surface area (Å²) in [7, 11) is 0. The molecule has 3 nitrogen and oxygen atoms in total. The Morgan fingerprint density at radius 2 is 1.89 bits per heavy atom. The number of hydrogen-bond acceptors (Lipinski definition) is 3. The molecule has 0 heterocycles. The summed E-state index contributed by atoms with van der Waals surface area (Å²) in [6, 6.07) is 3.63. The molecule has 1 rings (SSSR count). The van der Waals surface area contributed by atoms with E-state index < -0.39 is 0 Å². The summed E-state index contributed by atoms with van der Waals surface area (Å²) >= 11 is 12.1. The predicted octanol–water partition coefficient (Wildman–Crippen LogP) is 3.28. The Kier molecular flexibility index (Phi) is 8.74. The van der Waals surface area contributed by atoms with Gasteiger partial charge in [-0.25, -0.2) is 0 Å². The van der Waals surface area contributed by atoms with Gasteiger partial charge in [-0.05, 0) is 31.5 Å². The van der Waals surface area contributed by atoms with Gasteiger partial charge in [-0.2, -0.15) is 0 Å². The average Bonchev–Trinajstić information content (AvgIpc) is 2.23. The molecule has 0 aromatic heterocycles. The van der Waals surface area contributed by atoms with E-state index in [1.807, 2.05) is 19.1 Å². The molecule has 0 spiro atoms. The highest BCUT2D eigenvalue weighted by Gasteiger charge is 2.09. The molecule has 104 valence electrons. The molecule has 2 N–H and O–H groups in total. The summed E-state index contributed by atoms with van der Waals surface area (Å²) < 4.78 is 5.34. The van der Waals surface area contributed by atoms with Crippen LogP contribution in [-0.2, 0) is 6.54 Å². The van der Waals surface area contributed by atoms with Gasteiger partial charge in [-0.3, -0.25) is 0 Å². The van der Waals surface area contributed by atoms with E-state index in [9.17, 15) is 0 Å². The molecule has 0 aliphatic rings. The number of rotatable bonds is 6. The smallest absolute Gasteiger partial charge is 0.156 e. The van der Waals surface area contributed by atoms with Crippen LogP contribution < -0.4 is 10.1 Å². The highest BCUT2D eigenvalue weighted by molar-refractivity contribution is 6.37. The van der Waals surface area contributed by atoms with Crippen molar-refractivity contribution in [3.05, 3.63) is 27.7 Å². The molecule has 1 aromatic rings. The fourth-order valence-electron chi connectivity index (χ4n) is 1.42. The lowest BCUT2D eigenvalue weighted by atomic mass is 10.2. The van der Waals surface area contributed by atoms with Crippen molar-refractivity contribution in [3.63, 3.8) is 0 Å². The first-order valence-electron chi connectivity index (χ1n) is 5.54. The van der Waals surface area contributed by atoms with Gasteiger partial charge in [0.05, 0.1) is 22.8 Å². The minimum Gasteiger partial charge on any atom is -0.491 e. The topological polar surface area (TPSA) is 41.5 Å². The Hall–Kier alpha value is -0.190. The molecular formula is C12H18Cl3NO2. The zero-order valence-corrected chi connectivity index (χ0v) is 12.7. The molecule has 1 unspecified atom stereocenters. The number of nitrogens with one attached hydrogen (secondary N) is 1. The monoisotopic (exact) mass is 313 g/mol. The zero-order chi connectivity index (χ0) is 12.8. The van der Waals surface area contributed by atoms with Crippen LogP contribution in [-0.4, -0.2) is 24.4 Å². The van der Waals surface area contributed by atoms with Crippen LogP contribution in [0.15, 0.2) is 12.1 Å². The van der Waals surface area contributed by atoms with Crippen LogP contribution in [0.5, 0.6) is 5.75 Å². The number of aliphatic hydroxyl groups excluding tert-OH is 1. The van der Waals surface area contributed by atoms with E-state index >= 15 is 0 Å². The van der Waals surface area contributed by atoms with Gasteiger partial charge in [0.25, 0.3) is 0 Å². The molecule has 0 aliphatic carbocycles. The van der Waals surface area contributed by atoms with E-state index in [-0.39, 0.29) is 18.5 Å². The van der Waals surface area contributed by atoms with E-state index in [1.54, 1.807) is 6.92 Å². The van der Waals surface area contributed by atoms with E-state index in [4.69, 9.17) is 33.0 Å². The molecule has 0 saturated heterocycles. The van der Waals surface area contributed by atoms with Gasteiger partial charge in [0, 0.05) is 13.1 Å². The fourth-order valence-corrected chi connectivity index (χ4v) is 2.06. The minimum atomic E-state index is -0.372. The molecular weight excluding hydrogens is 296 g/mol. The van der Waals surface area contributed by atoms with Gasteiger partial charge in [0.1, 0.15) is 0 Å². The quantitative estimate of drug-likeness (QED) is 0.846. The first-order valence-corrected chi connectivity index (χ1v) is 6.29. The second kappa shape index (κ2) is 8.83. The van der Waals surface area contributed by atoms with Crippen molar-refractivity contribution < 1.29 is 9.84 Å². The Bertz CT molecular complexity index is 349. The van der Waals surface area contributed by atoms with Gasteiger partial charge in [0.2, 0.25) is 0 Å². The molecule has 0 bridgehead atoms. The van der Waals surface area contributed by atoms with Gasteiger partial charge >= 0.3 is 0 Å². The molecule has 0 amide bonds. The van der Waals surface area contributed by atoms with Gasteiger partial charge in [0.15, 0.2) is 5.75 Å². The molecule has 0 aliphatic heterocycles. The van der Waals surface area contributed by atoms with Crippen LogP contribution in [0, 0.1) is 0 Å². The highest BCUT2D eigenvalue weighted by atomic mass is 35.5. The van der Waals surface area contributed by atoms with Crippen molar-refractivity contribution in [2.24, 2.45) is 0 Å². The van der Waals surface area contributed by atoms with E-state index in [0.29, 0.717) is 35.5 Å². The Labute approximate surface area is 124 Å². The van der Waals surface area contributed by atoms with Crippen molar-refractivity contribution in [3.8, 4) is 5.75 Å². The fraction of sp³-hybridized carbons (Fsp3) is 0.500. The standard InChI is InChI=1S/C12H17Cl2NO2.ClH/c1-3-17-12-10(13)4-9(5-11(12)14)7-15-6-8(2)16;/h4-5,8,15-16H,3,6-7H2,1-2H3;1H. The van der Waals surface area contributed by atoms with Crippen LogP contribution in [0.1, 0.15) is 19.4 Å². The van der Waals surface area contributed by atoms with Crippen LogP contribution in [0.2, 0.25) is 10.0 Å². The molecule has 1 aromatic carbocycles. The number of aliphatic hydroxyl groups is 1. The number of ether oxygens (including phenoxy) is 1. The van der Waals surface area contributed by atoms with E-state index in [1.165, 1.54) is 0 Å². The summed E-state index contributed by atoms with van der Waals surface area (Å²) in [6.07, 6.45) is -0.372. The third kappa shape index (κ3) is 5.63. The van der Waals surface area contributed by atoms with Crippen LogP contribution in [0.3, 0.4) is 0 Å². The lowest BCUT2D eigenvalue weighted by Crippen LogP contribution is -2.23. The van der Waals surface area contributed by atoms with Crippen molar-refractivity contribution in [2.75, 3.05) is 13.2 Å². The number of benzene rings is 1. The Morgan fingerprint density at radius 1 is 1.33 bits per heavy atom. The van der Waals surface area contributed by atoms with Crippen LogP contribution in [0.4, 0.5) is 0 Å². The largest absolute Gasteiger partial charge is 0.491 e. The second-order valence-corrected chi connectivity index (χ2v) is 4.62. The second-order valence-electron chi connectivity index (χ2n) is 3.80. The molecule has 6 heteroatoms. The third-order valence-electron chi connectivity index (χ3n) is 2.12. The highest BCUT2D eigenvalue weighted by Crippen LogP contribution is 2.34. The number of halogens is 3. The molecule has 0 fully saturated rings. The van der Waals surface area contributed by atoms with Gasteiger partial charge in [-0.15, -0.1) is 12.4 Å². The maximum absolute atomic E-state index is 9.12. The molecule has 0 saturated carbocycles. The Morgan fingerprint density at radius 3 is 2.33 bits per heavy atom. The van der Waals surface area contributed by atoms with Crippen LogP contribution >= 0.6 is 35.6 Å². The van der Waals surface area contributed by atoms with Crippen molar-refractivity contribution in [1.29, 1.82) is 0 Å². The van der Waals surface area contributed by atoms with E-state index in [0.717, 1.165) is 5.56 Å². The van der Waals surface area contributed by atoms with Crippen molar-refractivity contribution in [1.82, 2.24) is 5.32 Å². The lowest BCUT2D eigenvalue weighted by Gasteiger charge is -2.11. The molecule has 1 atom stereocenters. The van der Waals surface area contributed by atoms with Crippen molar-refractivity contribution >= 4 is 35.6 Å². The summed E-state index contributed by atoms with van der Waals surface area (Å²) in [4.78, 5) is 0. The first-order chi connectivity index (χ1) is 8.04. The SMILES string of the molecule is CCOc1c(Cl)cc(CNCC(C)O)cc1Cl.Cl. The first kappa shape index (κ1) is 17.8. The normalized spacial score (nSPS) is 11.8. The van der Waals surface area contributed by atoms with Gasteiger partial charge in [-0.1, -0.05) is 23.2 Å². The lowest BCUT2D eigenvalue weighted by molar-refractivity contribution is 0.191. The summed E-state index contributed by atoms with van der Waals surface area (Å²) in [5.74, 6) is 0.523. The van der Waals surface area contributed by atoms with Crippen LogP contribution in [0.25, 0.3) is 0 Å². The maximum atomic E-state index is 9.12. The predicted molar refractivity (Wildman–Crippen MR) is 78.3 cm³/mol. The molecule has 0 radical (unpaired) electrons. The van der Waals surface area contributed by atoms with Crippen molar-refractivity contribution in [2.45, 2.75) is 26.5 Å². The minimum absolute atomic E-state index is 0. The van der Waals surface area contributed by atoms with Gasteiger partial charge < -0.3 is 15.2 Å². The summed E-state index contributed by atoms with van der Waals surface area (Å²) in [6.45, 7) is 5.27. The van der Waals surface area contributed by atoms with E-state index in [2.05, 4.69) is 5.32 Å². The maximum Gasteiger partial charge on any atom is 0.156 e. The molecule has 18 heavy (non-hydrogen) atoms. The Balaban J connectivity index is 0.00000289.